The van der Waals surface area contributed by atoms with Gasteiger partial charge in [0.25, 0.3) is 0 Å². The third-order valence-corrected chi connectivity index (χ3v) is 7.60. The minimum Gasteiger partial charge on any atom is -0.454 e. The average molecular weight is 544 g/mol. The predicted octanol–water partition coefficient (Wildman–Crippen LogP) is 3.62. The number of nitrogens with zero attached hydrogens (tertiary/aromatic N) is 4. The first-order valence-electron chi connectivity index (χ1n) is 13.2. The number of hydrogen-bond donors (Lipinski definition) is 1. The van der Waals surface area contributed by atoms with Crippen LogP contribution in [0, 0.1) is 5.82 Å². The lowest BCUT2D eigenvalue weighted by Crippen LogP contribution is -2.48. The number of carbonyl (C=O) groups is 2. The number of fused-ring (bicyclic) bond motifs is 2. The zero-order valence-electron chi connectivity index (χ0n) is 22.4. The summed E-state index contributed by atoms with van der Waals surface area (Å²) in [6, 6.07) is 17.0. The van der Waals surface area contributed by atoms with Crippen molar-refractivity contribution in [2.75, 3.05) is 63.8 Å². The van der Waals surface area contributed by atoms with Gasteiger partial charge in [0.15, 0.2) is 11.5 Å². The lowest BCUT2D eigenvalue weighted by molar-refractivity contribution is -0.120. The Kier molecular flexibility index (Phi) is 6.95. The van der Waals surface area contributed by atoms with Crippen LogP contribution in [0.5, 0.6) is 11.5 Å². The molecule has 206 valence electrons. The molecule has 0 saturated carbocycles. The maximum atomic E-state index is 13.9. The summed E-state index contributed by atoms with van der Waals surface area (Å²) < 4.78 is 24.9. The van der Waals surface area contributed by atoms with E-state index < -0.39 is 11.7 Å². The summed E-state index contributed by atoms with van der Waals surface area (Å²) in [5, 5.41) is 2.78. The van der Waals surface area contributed by atoms with E-state index in [1.807, 2.05) is 30.3 Å². The van der Waals surface area contributed by atoms with Gasteiger partial charge in [0.1, 0.15) is 11.7 Å². The van der Waals surface area contributed by atoms with E-state index in [9.17, 15) is 14.0 Å². The van der Waals surface area contributed by atoms with Gasteiger partial charge in [-0.25, -0.2) is 4.39 Å². The number of nitrogens with one attached hydrogen (secondary N) is 1. The molecule has 10 heteroatoms. The van der Waals surface area contributed by atoms with Crippen LogP contribution in [0.25, 0.3) is 0 Å². The van der Waals surface area contributed by atoms with Gasteiger partial charge in [0, 0.05) is 50.2 Å². The van der Waals surface area contributed by atoms with Crippen molar-refractivity contribution in [2.24, 2.45) is 4.99 Å². The van der Waals surface area contributed by atoms with E-state index in [1.54, 1.807) is 30.1 Å². The maximum absolute atomic E-state index is 13.9. The highest BCUT2D eigenvalue weighted by Crippen LogP contribution is 2.39. The Morgan fingerprint density at radius 3 is 2.55 bits per heavy atom. The van der Waals surface area contributed by atoms with Crippen molar-refractivity contribution in [1.82, 2.24) is 9.80 Å². The molecule has 0 radical (unpaired) electrons. The summed E-state index contributed by atoms with van der Waals surface area (Å²) >= 11 is 0. The first-order chi connectivity index (χ1) is 19.4. The fraction of sp³-hybridized carbons (Fsp3) is 0.300. The van der Waals surface area contributed by atoms with Crippen LogP contribution in [0.15, 0.2) is 65.7 Å². The quantitative estimate of drug-likeness (QED) is 0.478. The van der Waals surface area contributed by atoms with Gasteiger partial charge in [0.2, 0.25) is 18.6 Å². The third kappa shape index (κ3) is 5.15. The van der Waals surface area contributed by atoms with E-state index in [1.165, 1.54) is 12.1 Å². The van der Waals surface area contributed by atoms with Crippen molar-refractivity contribution in [3.8, 4) is 11.5 Å². The Hall–Kier alpha value is -4.28. The first kappa shape index (κ1) is 26.0. The molecule has 6 rings (SSSR count). The van der Waals surface area contributed by atoms with Crippen LogP contribution in [0.3, 0.4) is 0 Å². The fourth-order valence-electron chi connectivity index (χ4n) is 5.19. The lowest BCUT2D eigenvalue weighted by atomic mass is 9.90. The molecule has 0 bridgehead atoms. The lowest BCUT2D eigenvalue weighted by Gasteiger charge is -2.32. The number of halogens is 1. The second-order valence-corrected chi connectivity index (χ2v) is 10.3. The Morgan fingerprint density at radius 2 is 1.77 bits per heavy atom. The Bertz CT molecular complexity index is 1480. The molecule has 3 aliphatic heterocycles. The second-order valence-electron chi connectivity index (χ2n) is 10.3. The summed E-state index contributed by atoms with van der Waals surface area (Å²) in [5.41, 5.74) is 3.62. The van der Waals surface area contributed by atoms with Gasteiger partial charge < -0.3 is 24.6 Å². The Morgan fingerprint density at radius 1 is 1.02 bits per heavy atom. The van der Waals surface area contributed by atoms with Gasteiger partial charge in [-0.1, -0.05) is 6.07 Å². The zero-order chi connectivity index (χ0) is 27.8. The van der Waals surface area contributed by atoms with Gasteiger partial charge >= 0.3 is 0 Å². The highest BCUT2D eigenvalue weighted by Gasteiger charge is 2.36. The molecule has 1 atom stereocenters. The molecule has 0 spiro atoms. The van der Waals surface area contributed by atoms with E-state index in [4.69, 9.17) is 14.5 Å². The highest BCUT2D eigenvalue weighted by molar-refractivity contribution is 6.24. The van der Waals surface area contributed by atoms with E-state index in [0.29, 0.717) is 46.3 Å². The molecule has 0 aromatic heterocycles. The largest absolute Gasteiger partial charge is 0.454 e. The molecule has 3 heterocycles. The number of likely N-dealkylation sites (N-methyl/N-ethyl adjacent to an activating group) is 2. The smallest absolute Gasteiger partial charge is 0.240 e. The SMILES string of the molecule is CN1CCN(CC(=O)N(C)c2ccc(N=C(c3ccc4c(c3)OCO4)C3C(=O)Nc4cc(F)ccc43)cc2)CC1. The molecule has 0 aliphatic carbocycles. The van der Waals surface area contributed by atoms with Gasteiger partial charge in [-0.15, -0.1) is 0 Å². The van der Waals surface area contributed by atoms with E-state index >= 15 is 0 Å². The zero-order valence-corrected chi connectivity index (χ0v) is 22.4. The fourth-order valence-corrected chi connectivity index (χ4v) is 5.19. The van der Waals surface area contributed by atoms with Crippen LogP contribution >= 0.6 is 0 Å². The number of piperazine rings is 1. The number of hydrogen-bond acceptors (Lipinski definition) is 7. The van der Waals surface area contributed by atoms with Crippen LogP contribution < -0.4 is 19.7 Å². The van der Waals surface area contributed by atoms with Crippen LogP contribution in [0.2, 0.25) is 0 Å². The minimum absolute atomic E-state index is 0.0216. The topological polar surface area (TPSA) is 86.7 Å². The molecular weight excluding hydrogens is 513 g/mol. The third-order valence-electron chi connectivity index (χ3n) is 7.60. The van der Waals surface area contributed by atoms with Gasteiger partial charge in [-0.2, -0.15) is 0 Å². The summed E-state index contributed by atoms with van der Waals surface area (Å²) in [6.07, 6.45) is 0. The van der Waals surface area contributed by atoms with Crippen LogP contribution in [-0.4, -0.2) is 80.9 Å². The van der Waals surface area contributed by atoms with Crippen molar-refractivity contribution in [2.45, 2.75) is 5.92 Å². The summed E-state index contributed by atoms with van der Waals surface area (Å²) in [6.45, 7) is 4.14. The molecule has 3 aromatic carbocycles. The number of amides is 2. The van der Waals surface area contributed by atoms with Crippen molar-refractivity contribution >= 4 is 34.6 Å². The predicted molar refractivity (Wildman–Crippen MR) is 150 cm³/mol. The molecule has 3 aliphatic rings. The van der Waals surface area contributed by atoms with Crippen molar-refractivity contribution in [1.29, 1.82) is 0 Å². The van der Waals surface area contributed by atoms with Crippen LogP contribution in [0.1, 0.15) is 17.0 Å². The van der Waals surface area contributed by atoms with E-state index in [2.05, 4.69) is 22.2 Å². The highest BCUT2D eigenvalue weighted by atomic mass is 19.1. The van der Waals surface area contributed by atoms with Gasteiger partial charge in [-0.3, -0.25) is 19.5 Å². The number of carbonyl (C=O) groups excluding carboxylic acids is 2. The normalized spacial score (nSPS) is 18.9. The average Bonchev–Trinajstić information content (AvgIpc) is 3.55. The van der Waals surface area contributed by atoms with Gasteiger partial charge in [-0.05, 0) is 67.2 Å². The van der Waals surface area contributed by atoms with E-state index in [0.717, 1.165) is 31.9 Å². The molecule has 3 aromatic rings. The number of benzene rings is 3. The van der Waals surface area contributed by atoms with Crippen molar-refractivity contribution < 1.29 is 23.5 Å². The van der Waals surface area contributed by atoms with Crippen LogP contribution in [-0.2, 0) is 9.59 Å². The van der Waals surface area contributed by atoms with Crippen molar-refractivity contribution in [3.05, 3.63) is 77.6 Å². The Labute approximate surface area is 231 Å². The number of rotatable bonds is 6. The second kappa shape index (κ2) is 10.7. The number of aliphatic imine (C=N–C) groups is 1. The number of anilines is 2. The summed E-state index contributed by atoms with van der Waals surface area (Å²) in [4.78, 5) is 37.1. The van der Waals surface area contributed by atoms with E-state index in [-0.39, 0.29) is 18.6 Å². The summed E-state index contributed by atoms with van der Waals surface area (Å²) in [5.74, 6) is -0.253. The van der Waals surface area contributed by atoms with Crippen molar-refractivity contribution in [3.63, 3.8) is 0 Å². The van der Waals surface area contributed by atoms with Gasteiger partial charge in [0.05, 0.1) is 17.9 Å². The maximum Gasteiger partial charge on any atom is 0.240 e. The van der Waals surface area contributed by atoms with Crippen LogP contribution in [0.4, 0.5) is 21.5 Å². The minimum atomic E-state index is -0.747. The molecule has 1 unspecified atom stereocenters. The molecule has 1 N–H and O–H groups in total. The molecule has 1 fully saturated rings. The molecular formula is C30H30FN5O4. The molecule has 1 saturated heterocycles. The Balaban J connectivity index is 1.29. The summed E-state index contributed by atoms with van der Waals surface area (Å²) in [7, 11) is 3.86. The molecule has 9 nitrogen and oxygen atoms in total. The standard InChI is InChI=1S/C30H30FN5O4/c1-34-11-13-36(14-12-34)17-27(37)35(2)22-7-5-21(6-8-22)32-29(19-3-10-25-26(15-19)40-18-39-25)28-23-9-4-20(31)16-24(23)33-30(28)38/h3-10,15-16,28H,11-14,17-18H2,1-2H3,(H,33,38). The number of ether oxygens (including phenoxy) is 2. The molecule has 2 amide bonds. The first-order valence-corrected chi connectivity index (χ1v) is 13.2. The molecule has 40 heavy (non-hydrogen) atoms. The monoisotopic (exact) mass is 543 g/mol.